The van der Waals surface area contributed by atoms with E-state index in [0.29, 0.717) is 6.42 Å². The first kappa shape index (κ1) is 35.9. The fourth-order valence-electron chi connectivity index (χ4n) is 8.13. The fraction of sp³-hybridized carbons (Fsp3) is 0.778. The monoisotopic (exact) mass is 582 g/mol. The van der Waals surface area contributed by atoms with Gasteiger partial charge < -0.3 is 10.4 Å². The fourth-order valence-corrected chi connectivity index (χ4v) is 8.13. The largest absolute Gasteiger partial charge is 0.395 e. The molecule has 1 fully saturated rings. The van der Waals surface area contributed by atoms with E-state index in [4.69, 9.17) is 0 Å². The molecule has 0 aliphatic heterocycles. The van der Waals surface area contributed by atoms with Crippen molar-refractivity contribution in [1.82, 2.24) is 5.32 Å². The Hall–Kier alpha value is -2.26. The van der Waals surface area contributed by atoms with Gasteiger partial charge in [-0.1, -0.05) is 87.3 Å². The number of carbonyl (C=O) groups is 3. The number of carbonyl (C=O) groups excluding carboxylic acids is 3. The summed E-state index contributed by atoms with van der Waals surface area (Å²) >= 11 is 0. The Morgan fingerprint density at radius 3 is 2.19 bits per heavy atom. The van der Waals surface area contributed by atoms with Gasteiger partial charge in [-0.05, 0) is 80.1 Å². The lowest BCUT2D eigenvalue weighted by atomic mass is 9.42. The van der Waals surface area contributed by atoms with Crippen LogP contribution < -0.4 is 5.32 Å². The highest BCUT2D eigenvalue weighted by molar-refractivity contribution is 6.04. The van der Waals surface area contributed by atoms with Crippen molar-refractivity contribution in [2.75, 3.05) is 13.2 Å². The summed E-state index contributed by atoms with van der Waals surface area (Å²) in [5, 5.41) is 22.2. The van der Waals surface area contributed by atoms with Crippen LogP contribution in [-0.4, -0.2) is 35.7 Å². The number of aliphatic hydroxyl groups is 1. The molecule has 0 bridgehead atoms. The summed E-state index contributed by atoms with van der Waals surface area (Å²) in [5.74, 6) is -0.205. The molecular weight excluding hydrogens is 524 g/mol. The Morgan fingerprint density at radius 2 is 1.67 bits per heavy atom. The number of fused-ring (bicyclic) bond motifs is 1. The standard InChI is InChI=1S/C36H58N2O4/c1-12-14-31(3,4)16-18-34(9,30(42)38-20-21-39)19-17-32(5,6)36(11)15-13-27-33(7,8)29(41)26(24-37)23-35(27,10)28(36)22-25(2)40/h22-23,27,39H,12-21H2,1-11H3,(H,38,42)/b28-22-/t27-,34-,35-,36+/m0/s1. The Bertz CT molecular complexity index is 1150. The SMILES string of the molecule is CCCC(C)(C)CC[C@@](C)(CCC(C)(C)[C@]1(C)CC[C@H]2C(C)(C)C(=O)C(C#N)=C[C@]2(C)/C1=C/C(C)=O)C(=O)NCCO. The van der Waals surface area contributed by atoms with Gasteiger partial charge in [0.1, 0.15) is 6.07 Å². The molecule has 0 unspecified atom stereocenters. The third-order valence-electron chi connectivity index (χ3n) is 11.5. The molecule has 1 amide bonds. The highest BCUT2D eigenvalue weighted by Gasteiger charge is 2.61. The molecule has 0 spiro atoms. The third-order valence-corrected chi connectivity index (χ3v) is 11.5. The maximum absolute atomic E-state index is 13.5. The average Bonchev–Trinajstić information content (AvgIpc) is 2.89. The van der Waals surface area contributed by atoms with Gasteiger partial charge in [0.15, 0.2) is 11.6 Å². The predicted molar refractivity (Wildman–Crippen MR) is 169 cm³/mol. The first-order chi connectivity index (χ1) is 19.2. The second-order valence-corrected chi connectivity index (χ2v) is 15.9. The van der Waals surface area contributed by atoms with E-state index in [1.54, 1.807) is 13.0 Å². The summed E-state index contributed by atoms with van der Waals surface area (Å²) in [4.78, 5) is 39.6. The summed E-state index contributed by atoms with van der Waals surface area (Å²) in [6.45, 7) is 23.2. The van der Waals surface area contributed by atoms with E-state index in [0.717, 1.165) is 50.5 Å². The van der Waals surface area contributed by atoms with Gasteiger partial charge in [0.2, 0.25) is 5.91 Å². The van der Waals surface area contributed by atoms with E-state index in [2.05, 4.69) is 66.8 Å². The lowest BCUT2D eigenvalue weighted by Gasteiger charge is -2.61. The quantitative estimate of drug-likeness (QED) is 0.219. The molecular formula is C36H58N2O4. The van der Waals surface area contributed by atoms with Crippen molar-refractivity contribution >= 4 is 17.5 Å². The molecule has 1 saturated carbocycles. The van der Waals surface area contributed by atoms with Gasteiger partial charge in [-0.15, -0.1) is 0 Å². The zero-order valence-electron chi connectivity index (χ0n) is 28.4. The van der Waals surface area contributed by atoms with Gasteiger partial charge >= 0.3 is 0 Å². The molecule has 2 aliphatic carbocycles. The van der Waals surface area contributed by atoms with Crippen molar-refractivity contribution in [3.63, 3.8) is 0 Å². The molecule has 2 rings (SSSR count). The molecule has 0 aromatic rings. The molecule has 6 nitrogen and oxygen atoms in total. The molecule has 4 atom stereocenters. The Kier molecular flexibility index (Phi) is 10.9. The van der Waals surface area contributed by atoms with Gasteiger partial charge in [0, 0.05) is 22.8 Å². The van der Waals surface area contributed by atoms with E-state index in [1.165, 1.54) is 0 Å². The van der Waals surface area contributed by atoms with Gasteiger partial charge in [-0.2, -0.15) is 5.26 Å². The maximum atomic E-state index is 13.5. The van der Waals surface area contributed by atoms with Crippen LogP contribution in [0.1, 0.15) is 128 Å². The average molecular weight is 583 g/mol. The van der Waals surface area contributed by atoms with Crippen LogP contribution in [0.2, 0.25) is 0 Å². The van der Waals surface area contributed by atoms with Crippen molar-refractivity contribution in [1.29, 1.82) is 5.26 Å². The molecule has 0 heterocycles. The number of rotatable bonds is 13. The van der Waals surface area contributed by atoms with Crippen LogP contribution in [0.3, 0.4) is 0 Å². The van der Waals surface area contributed by atoms with Crippen LogP contribution in [0, 0.1) is 49.7 Å². The minimum Gasteiger partial charge on any atom is -0.395 e. The van der Waals surface area contributed by atoms with Crippen LogP contribution in [-0.2, 0) is 14.4 Å². The number of aliphatic hydroxyl groups excluding tert-OH is 1. The van der Waals surface area contributed by atoms with E-state index >= 15 is 0 Å². The molecule has 42 heavy (non-hydrogen) atoms. The number of hydrogen-bond donors (Lipinski definition) is 2. The molecule has 2 N–H and O–H groups in total. The number of allylic oxidation sites excluding steroid dienone is 4. The van der Waals surface area contributed by atoms with Crippen molar-refractivity contribution in [3.8, 4) is 6.07 Å². The number of amides is 1. The molecule has 236 valence electrons. The maximum Gasteiger partial charge on any atom is 0.226 e. The van der Waals surface area contributed by atoms with Gasteiger partial charge in [-0.25, -0.2) is 0 Å². The number of ketones is 2. The van der Waals surface area contributed by atoms with Crippen molar-refractivity contribution < 1.29 is 19.5 Å². The lowest BCUT2D eigenvalue weighted by Crippen LogP contribution is -2.56. The minimum atomic E-state index is -0.718. The first-order valence-electron chi connectivity index (χ1n) is 16.0. The molecule has 0 radical (unpaired) electrons. The summed E-state index contributed by atoms with van der Waals surface area (Å²) in [5.41, 5.74) is -1.34. The number of hydrogen-bond acceptors (Lipinski definition) is 5. The molecule has 0 saturated heterocycles. The zero-order valence-corrected chi connectivity index (χ0v) is 28.4. The summed E-state index contributed by atoms with van der Waals surface area (Å²) in [6, 6.07) is 2.15. The van der Waals surface area contributed by atoms with Crippen LogP contribution >= 0.6 is 0 Å². The van der Waals surface area contributed by atoms with Crippen LogP contribution in [0.4, 0.5) is 0 Å². The number of nitrogens with one attached hydrogen (secondary N) is 1. The van der Waals surface area contributed by atoms with Crippen LogP contribution in [0.15, 0.2) is 23.3 Å². The smallest absolute Gasteiger partial charge is 0.226 e. The second-order valence-electron chi connectivity index (χ2n) is 15.9. The number of Topliss-reactive ketones (excluding diaryl/α,β-unsaturated/α-hetero) is 1. The van der Waals surface area contributed by atoms with Crippen molar-refractivity contribution in [3.05, 3.63) is 23.3 Å². The number of nitriles is 1. The van der Waals surface area contributed by atoms with Gasteiger partial charge in [0.25, 0.3) is 0 Å². The van der Waals surface area contributed by atoms with E-state index in [1.807, 2.05) is 19.9 Å². The topological polar surface area (TPSA) is 107 Å². The predicted octanol–water partition coefficient (Wildman–Crippen LogP) is 7.51. The van der Waals surface area contributed by atoms with Crippen LogP contribution in [0.25, 0.3) is 0 Å². The molecule has 2 aliphatic rings. The van der Waals surface area contributed by atoms with Crippen LogP contribution in [0.5, 0.6) is 0 Å². The zero-order chi connectivity index (χ0) is 32.4. The first-order valence-corrected chi connectivity index (χ1v) is 16.0. The summed E-state index contributed by atoms with van der Waals surface area (Å²) < 4.78 is 0. The lowest BCUT2D eigenvalue weighted by molar-refractivity contribution is -0.132. The second kappa shape index (κ2) is 12.8. The molecule has 6 heteroatoms. The van der Waals surface area contributed by atoms with Crippen molar-refractivity contribution in [2.24, 2.45) is 38.4 Å². The van der Waals surface area contributed by atoms with Gasteiger partial charge in [-0.3, -0.25) is 14.4 Å². The normalized spacial score (nSPS) is 28.4. The Balaban J connectivity index is 2.55. The van der Waals surface area contributed by atoms with Gasteiger partial charge in [0.05, 0.1) is 12.2 Å². The highest BCUT2D eigenvalue weighted by atomic mass is 16.3. The summed E-state index contributed by atoms with van der Waals surface area (Å²) in [6.07, 6.45) is 10.5. The van der Waals surface area contributed by atoms with E-state index < -0.39 is 21.7 Å². The summed E-state index contributed by atoms with van der Waals surface area (Å²) in [7, 11) is 0. The Morgan fingerprint density at radius 1 is 1.07 bits per heavy atom. The third kappa shape index (κ3) is 6.93. The van der Waals surface area contributed by atoms with Crippen molar-refractivity contribution in [2.45, 2.75) is 128 Å². The highest BCUT2D eigenvalue weighted by Crippen LogP contribution is 2.67. The minimum absolute atomic E-state index is 0.0193. The van der Waals surface area contributed by atoms with E-state index in [9.17, 15) is 24.8 Å². The Labute approximate surface area is 255 Å². The number of nitrogens with zero attached hydrogens (tertiary/aromatic N) is 1. The van der Waals surface area contributed by atoms with E-state index in [-0.39, 0.29) is 52.9 Å². The molecule has 0 aromatic carbocycles. The molecule has 0 aromatic heterocycles.